The van der Waals surface area contributed by atoms with E-state index in [0.717, 1.165) is 19.8 Å². The second-order valence-electron chi connectivity index (χ2n) is 4.55. The molecule has 114 valence electrons. The van der Waals surface area contributed by atoms with Crippen molar-refractivity contribution >= 4 is 37.3 Å². The minimum atomic E-state index is -3.49. The smallest absolute Gasteiger partial charge is 0.242 e. The Bertz CT molecular complexity index is 726. The van der Waals surface area contributed by atoms with Gasteiger partial charge in [-0.25, -0.2) is 13.1 Å². The Hall–Kier alpha value is -0.730. The van der Waals surface area contributed by atoms with Gasteiger partial charge in [0.15, 0.2) is 0 Å². The van der Waals surface area contributed by atoms with Gasteiger partial charge in [-0.2, -0.15) is 0 Å². The lowest BCUT2D eigenvalue weighted by atomic mass is 10.1. The predicted molar refractivity (Wildman–Crippen MR) is 87.9 cm³/mol. The summed E-state index contributed by atoms with van der Waals surface area (Å²) in [7, 11) is -1.86. The SMILES string of the molecule is COCc1cccc(CNS(=O)(=O)c2cc(Br)sc2C)c1. The summed E-state index contributed by atoms with van der Waals surface area (Å²) >= 11 is 4.72. The van der Waals surface area contributed by atoms with E-state index in [1.54, 1.807) is 20.1 Å². The van der Waals surface area contributed by atoms with E-state index in [-0.39, 0.29) is 6.54 Å². The van der Waals surface area contributed by atoms with Gasteiger partial charge in [0.2, 0.25) is 10.0 Å². The van der Waals surface area contributed by atoms with Crippen molar-refractivity contribution in [3.05, 3.63) is 50.1 Å². The van der Waals surface area contributed by atoms with Crippen molar-refractivity contribution in [2.24, 2.45) is 0 Å². The molecule has 2 rings (SSSR count). The highest BCUT2D eigenvalue weighted by Crippen LogP contribution is 2.29. The molecule has 0 unspecified atom stereocenters. The molecule has 1 N–H and O–H groups in total. The topological polar surface area (TPSA) is 55.4 Å². The summed E-state index contributed by atoms with van der Waals surface area (Å²) in [6.45, 7) is 2.56. The maximum Gasteiger partial charge on any atom is 0.242 e. The third-order valence-electron chi connectivity index (χ3n) is 2.90. The van der Waals surface area contributed by atoms with Crippen molar-refractivity contribution in [1.29, 1.82) is 0 Å². The number of nitrogens with one attached hydrogen (secondary N) is 1. The van der Waals surface area contributed by atoms with Crippen LogP contribution in [0.25, 0.3) is 0 Å². The van der Waals surface area contributed by atoms with E-state index in [2.05, 4.69) is 20.7 Å². The number of sulfonamides is 1. The highest BCUT2D eigenvalue weighted by Gasteiger charge is 2.19. The molecule has 1 heterocycles. The number of hydrogen-bond donors (Lipinski definition) is 1. The number of thiophene rings is 1. The van der Waals surface area contributed by atoms with Crippen LogP contribution in [0.15, 0.2) is 39.0 Å². The van der Waals surface area contributed by atoms with Crippen LogP contribution < -0.4 is 4.72 Å². The zero-order valence-corrected chi connectivity index (χ0v) is 14.9. The highest BCUT2D eigenvalue weighted by atomic mass is 79.9. The summed E-state index contributed by atoms with van der Waals surface area (Å²) in [6, 6.07) is 9.29. The van der Waals surface area contributed by atoms with E-state index in [4.69, 9.17) is 4.74 Å². The molecule has 0 bridgehead atoms. The Morgan fingerprint density at radius 2 is 2.00 bits per heavy atom. The monoisotopic (exact) mass is 389 g/mol. The van der Waals surface area contributed by atoms with Crippen LogP contribution in [-0.4, -0.2) is 15.5 Å². The van der Waals surface area contributed by atoms with E-state index >= 15 is 0 Å². The number of methoxy groups -OCH3 is 1. The van der Waals surface area contributed by atoms with Gasteiger partial charge in [0.1, 0.15) is 0 Å². The van der Waals surface area contributed by atoms with Crippen LogP contribution in [0, 0.1) is 6.92 Å². The molecule has 0 radical (unpaired) electrons. The van der Waals surface area contributed by atoms with Gasteiger partial charge in [-0.3, -0.25) is 0 Å². The second-order valence-corrected chi connectivity index (χ2v) is 8.92. The molecule has 0 saturated carbocycles. The van der Waals surface area contributed by atoms with Crippen molar-refractivity contribution < 1.29 is 13.2 Å². The molecule has 0 spiro atoms. The minimum absolute atomic E-state index is 0.257. The third kappa shape index (κ3) is 4.37. The molecule has 1 aromatic heterocycles. The average Bonchev–Trinajstić information content (AvgIpc) is 2.77. The van der Waals surface area contributed by atoms with Gasteiger partial charge in [0.25, 0.3) is 0 Å². The molecule has 2 aromatic rings. The van der Waals surface area contributed by atoms with Gasteiger partial charge in [-0.1, -0.05) is 24.3 Å². The number of ether oxygens (including phenoxy) is 1. The Morgan fingerprint density at radius 3 is 2.62 bits per heavy atom. The summed E-state index contributed by atoms with van der Waals surface area (Å²) in [6.07, 6.45) is 0. The molecule has 0 atom stereocenters. The summed E-state index contributed by atoms with van der Waals surface area (Å²) in [5, 5.41) is 0. The standard InChI is InChI=1S/C14H16BrNO3S2/c1-10-13(7-14(15)20-10)21(17,18)16-8-11-4-3-5-12(6-11)9-19-2/h3-7,16H,8-9H2,1-2H3. The molecule has 7 heteroatoms. The second kappa shape index (κ2) is 7.02. The molecule has 4 nitrogen and oxygen atoms in total. The Labute approximate surface area is 137 Å². The zero-order chi connectivity index (χ0) is 15.5. The van der Waals surface area contributed by atoms with Crippen molar-refractivity contribution in [1.82, 2.24) is 4.72 Å². The molecule has 21 heavy (non-hydrogen) atoms. The lowest BCUT2D eigenvalue weighted by molar-refractivity contribution is 0.185. The van der Waals surface area contributed by atoms with Gasteiger partial charge in [0, 0.05) is 18.5 Å². The largest absolute Gasteiger partial charge is 0.380 e. The number of rotatable bonds is 6. The maximum absolute atomic E-state index is 12.3. The number of benzene rings is 1. The minimum Gasteiger partial charge on any atom is -0.380 e. The molecule has 0 amide bonds. The van der Waals surface area contributed by atoms with Crippen LogP contribution in [0.5, 0.6) is 0 Å². The van der Waals surface area contributed by atoms with Gasteiger partial charge >= 0.3 is 0 Å². The third-order valence-corrected chi connectivity index (χ3v) is 6.11. The van der Waals surface area contributed by atoms with E-state index in [9.17, 15) is 8.42 Å². The summed E-state index contributed by atoms with van der Waals surface area (Å²) in [4.78, 5) is 1.09. The molecular formula is C14H16BrNO3S2. The quantitative estimate of drug-likeness (QED) is 0.822. The first kappa shape index (κ1) is 16.6. The van der Waals surface area contributed by atoms with E-state index in [0.29, 0.717) is 11.5 Å². The first-order chi connectivity index (χ1) is 9.92. The summed E-state index contributed by atoms with van der Waals surface area (Å²) in [5.41, 5.74) is 1.92. The van der Waals surface area contributed by atoms with Gasteiger partial charge in [-0.05, 0) is 40.0 Å². The summed E-state index contributed by atoms with van der Waals surface area (Å²) < 4.78 is 33.1. The number of halogens is 1. The molecule has 0 aliphatic rings. The zero-order valence-electron chi connectivity index (χ0n) is 11.7. The summed E-state index contributed by atoms with van der Waals surface area (Å²) in [5.74, 6) is 0. The number of aryl methyl sites for hydroxylation is 1. The molecule has 0 aliphatic carbocycles. The fraction of sp³-hybridized carbons (Fsp3) is 0.286. The van der Waals surface area contributed by atoms with E-state index in [1.165, 1.54) is 11.3 Å². The van der Waals surface area contributed by atoms with Crippen LogP contribution >= 0.6 is 27.3 Å². The normalized spacial score (nSPS) is 11.8. The Morgan fingerprint density at radius 1 is 1.29 bits per heavy atom. The molecular weight excluding hydrogens is 374 g/mol. The van der Waals surface area contributed by atoms with Crippen molar-refractivity contribution in [2.45, 2.75) is 25.0 Å². The van der Waals surface area contributed by atoms with Crippen LogP contribution in [-0.2, 0) is 27.9 Å². The van der Waals surface area contributed by atoms with Crippen LogP contribution in [0.1, 0.15) is 16.0 Å². The predicted octanol–water partition coefficient (Wildman–Crippen LogP) is 3.44. The molecule has 0 aliphatic heterocycles. The molecule has 0 fully saturated rings. The van der Waals surface area contributed by atoms with Crippen LogP contribution in [0.3, 0.4) is 0 Å². The molecule has 0 saturated heterocycles. The van der Waals surface area contributed by atoms with E-state index < -0.39 is 10.0 Å². The van der Waals surface area contributed by atoms with Crippen molar-refractivity contribution in [2.75, 3.05) is 7.11 Å². The fourth-order valence-electron chi connectivity index (χ4n) is 1.95. The van der Waals surface area contributed by atoms with Gasteiger partial charge in [-0.15, -0.1) is 11.3 Å². The number of hydrogen-bond acceptors (Lipinski definition) is 4. The van der Waals surface area contributed by atoms with E-state index in [1.807, 2.05) is 24.3 Å². The Balaban J connectivity index is 2.12. The lowest BCUT2D eigenvalue weighted by Gasteiger charge is -2.08. The van der Waals surface area contributed by atoms with Crippen molar-refractivity contribution in [3.8, 4) is 0 Å². The fourth-order valence-corrected chi connectivity index (χ4v) is 5.38. The molecule has 1 aromatic carbocycles. The van der Waals surface area contributed by atoms with Gasteiger partial charge in [0.05, 0.1) is 15.3 Å². The average molecular weight is 390 g/mol. The maximum atomic E-state index is 12.3. The lowest BCUT2D eigenvalue weighted by Crippen LogP contribution is -2.23. The first-order valence-electron chi connectivity index (χ1n) is 6.25. The highest BCUT2D eigenvalue weighted by molar-refractivity contribution is 9.11. The first-order valence-corrected chi connectivity index (χ1v) is 9.34. The van der Waals surface area contributed by atoms with Crippen LogP contribution in [0.2, 0.25) is 0 Å². The Kier molecular flexibility index (Phi) is 5.56. The van der Waals surface area contributed by atoms with Crippen LogP contribution in [0.4, 0.5) is 0 Å². The van der Waals surface area contributed by atoms with Gasteiger partial charge < -0.3 is 4.74 Å². The van der Waals surface area contributed by atoms with Crippen molar-refractivity contribution in [3.63, 3.8) is 0 Å².